The van der Waals surface area contributed by atoms with Gasteiger partial charge in [0.05, 0.1) is 0 Å². The summed E-state index contributed by atoms with van der Waals surface area (Å²) in [6.45, 7) is 5.76. The molecule has 0 aromatic carbocycles. The molecule has 1 aromatic rings. The smallest absolute Gasteiger partial charge is 0.423 e. The van der Waals surface area contributed by atoms with E-state index in [1.54, 1.807) is 0 Å². The van der Waals surface area contributed by atoms with Gasteiger partial charge in [0.25, 0.3) is 0 Å². The van der Waals surface area contributed by atoms with Crippen LogP contribution < -0.4 is 4.78 Å². The maximum absolute atomic E-state index is 9.53. The van der Waals surface area contributed by atoms with Crippen LogP contribution in [0.5, 0.6) is 0 Å². The van der Waals surface area contributed by atoms with Crippen LogP contribution in [-0.2, 0) is 4.65 Å². The first-order chi connectivity index (χ1) is 5.49. The lowest BCUT2D eigenvalue weighted by atomic mass is 9.87. The Morgan fingerprint density at radius 3 is 2.58 bits per heavy atom. The molecule has 0 amide bonds. The van der Waals surface area contributed by atoms with Gasteiger partial charge >= 0.3 is 7.12 Å². The summed E-state index contributed by atoms with van der Waals surface area (Å²) in [6, 6.07) is 3.76. The molecule has 1 N–H and O–H groups in total. The molecule has 1 aromatic heterocycles. The van der Waals surface area contributed by atoms with Gasteiger partial charge in [-0.25, -0.2) is 0 Å². The topological polar surface area (TPSA) is 29.5 Å². The van der Waals surface area contributed by atoms with Gasteiger partial charge in [0.15, 0.2) is 0 Å². The molecule has 0 spiro atoms. The molecule has 0 atom stereocenters. The van der Waals surface area contributed by atoms with Crippen LogP contribution in [0, 0.1) is 0 Å². The van der Waals surface area contributed by atoms with Crippen molar-refractivity contribution in [2.45, 2.75) is 26.4 Å². The van der Waals surface area contributed by atoms with Gasteiger partial charge in [-0.05, 0) is 26.2 Å². The van der Waals surface area contributed by atoms with Gasteiger partial charge in [0.1, 0.15) is 0 Å². The van der Waals surface area contributed by atoms with E-state index in [1.807, 2.05) is 38.3 Å². The highest BCUT2D eigenvalue weighted by Gasteiger charge is 2.24. The molecule has 2 nitrogen and oxygen atoms in total. The van der Waals surface area contributed by atoms with Crippen molar-refractivity contribution in [2.75, 3.05) is 0 Å². The van der Waals surface area contributed by atoms with Crippen LogP contribution in [0.25, 0.3) is 0 Å². The van der Waals surface area contributed by atoms with Gasteiger partial charge in [-0.15, -0.1) is 0 Å². The zero-order valence-electron chi connectivity index (χ0n) is 7.57. The van der Waals surface area contributed by atoms with E-state index in [0.29, 0.717) is 0 Å². The summed E-state index contributed by atoms with van der Waals surface area (Å²) in [5, 5.41) is 11.5. The van der Waals surface area contributed by atoms with Crippen LogP contribution in [0.3, 0.4) is 0 Å². The van der Waals surface area contributed by atoms with Crippen molar-refractivity contribution < 1.29 is 9.68 Å². The van der Waals surface area contributed by atoms with Crippen molar-refractivity contribution in [3.05, 3.63) is 17.5 Å². The molecule has 0 bridgehead atoms. The zero-order chi connectivity index (χ0) is 9.19. The maximum Gasteiger partial charge on any atom is 0.502 e. The van der Waals surface area contributed by atoms with Gasteiger partial charge in [0, 0.05) is 10.4 Å². The molecule has 0 aliphatic carbocycles. The van der Waals surface area contributed by atoms with E-state index in [1.165, 1.54) is 11.3 Å². The Hall–Kier alpha value is -0.315. The van der Waals surface area contributed by atoms with E-state index >= 15 is 0 Å². The van der Waals surface area contributed by atoms with Crippen LogP contribution >= 0.6 is 11.3 Å². The minimum Gasteiger partial charge on any atom is -0.423 e. The van der Waals surface area contributed by atoms with Crippen molar-refractivity contribution in [2.24, 2.45) is 0 Å². The first-order valence-corrected chi connectivity index (χ1v) is 4.76. The van der Waals surface area contributed by atoms with Crippen LogP contribution in [-0.4, -0.2) is 17.7 Å². The Bertz CT molecular complexity index is 228. The summed E-state index contributed by atoms with van der Waals surface area (Å²) < 4.78 is 6.20. The molecule has 66 valence electrons. The second-order valence-corrected chi connectivity index (χ2v) is 4.58. The summed E-state index contributed by atoms with van der Waals surface area (Å²) in [6.07, 6.45) is 0. The largest absolute Gasteiger partial charge is 0.502 e. The molecular formula is C8H13BO2S. The third kappa shape index (κ3) is 2.97. The quantitative estimate of drug-likeness (QED) is 0.701. The normalized spacial score (nSPS) is 11.7. The predicted molar refractivity (Wildman–Crippen MR) is 52.8 cm³/mol. The van der Waals surface area contributed by atoms with E-state index in [-0.39, 0.29) is 5.60 Å². The fourth-order valence-electron chi connectivity index (χ4n) is 0.825. The second-order valence-electron chi connectivity index (χ2n) is 3.60. The molecule has 1 heterocycles. The molecule has 0 radical (unpaired) electrons. The van der Waals surface area contributed by atoms with E-state index in [4.69, 9.17) is 4.65 Å². The van der Waals surface area contributed by atoms with Gasteiger partial charge in [-0.1, -0.05) is 12.1 Å². The van der Waals surface area contributed by atoms with Crippen molar-refractivity contribution in [3.63, 3.8) is 0 Å². The number of thiophene rings is 1. The van der Waals surface area contributed by atoms with Crippen LogP contribution in [0.2, 0.25) is 0 Å². The molecule has 0 unspecified atom stereocenters. The molecule has 0 fully saturated rings. The van der Waals surface area contributed by atoms with Crippen molar-refractivity contribution in [1.82, 2.24) is 0 Å². The lowest BCUT2D eigenvalue weighted by Gasteiger charge is -2.21. The van der Waals surface area contributed by atoms with E-state index in [9.17, 15) is 5.02 Å². The van der Waals surface area contributed by atoms with E-state index in [2.05, 4.69) is 0 Å². The highest BCUT2D eigenvalue weighted by Crippen LogP contribution is 2.08. The first-order valence-electron chi connectivity index (χ1n) is 3.88. The van der Waals surface area contributed by atoms with Gasteiger partial charge in [-0.3, -0.25) is 0 Å². The van der Waals surface area contributed by atoms with Gasteiger partial charge in [0.2, 0.25) is 0 Å². The zero-order valence-corrected chi connectivity index (χ0v) is 8.39. The Balaban J connectivity index is 2.56. The fraction of sp³-hybridized carbons (Fsp3) is 0.500. The number of hydrogen-bond donors (Lipinski definition) is 1. The SMILES string of the molecule is CC(C)(C)OB(O)c1cccs1. The van der Waals surface area contributed by atoms with Crippen LogP contribution in [0.15, 0.2) is 17.5 Å². The lowest BCUT2D eigenvalue weighted by molar-refractivity contribution is 0.107. The molecule has 0 aliphatic rings. The third-order valence-corrected chi connectivity index (χ3v) is 2.15. The van der Waals surface area contributed by atoms with E-state index in [0.717, 1.165) is 4.78 Å². The van der Waals surface area contributed by atoms with Gasteiger partial charge < -0.3 is 9.68 Å². The van der Waals surface area contributed by atoms with Crippen molar-refractivity contribution in [1.29, 1.82) is 0 Å². The van der Waals surface area contributed by atoms with Crippen molar-refractivity contribution in [3.8, 4) is 0 Å². The first kappa shape index (κ1) is 9.77. The van der Waals surface area contributed by atoms with E-state index < -0.39 is 7.12 Å². The molecule has 1 rings (SSSR count). The van der Waals surface area contributed by atoms with Gasteiger partial charge in [-0.2, -0.15) is 11.3 Å². The van der Waals surface area contributed by atoms with Crippen LogP contribution in [0.4, 0.5) is 0 Å². The average molecular weight is 184 g/mol. The third-order valence-electron chi connectivity index (χ3n) is 1.25. The highest BCUT2D eigenvalue weighted by atomic mass is 32.1. The monoisotopic (exact) mass is 184 g/mol. The standard InChI is InChI=1S/C8H13BO2S/c1-8(2,3)11-9(10)7-5-4-6-12-7/h4-6,10H,1-3H3. The molecular weight excluding hydrogens is 171 g/mol. The Labute approximate surface area is 77.3 Å². The summed E-state index contributed by atoms with van der Waals surface area (Å²) >= 11 is 1.50. The lowest BCUT2D eigenvalue weighted by Crippen LogP contribution is -2.38. The molecule has 0 saturated carbocycles. The summed E-state index contributed by atoms with van der Waals surface area (Å²) in [4.78, 5) is 0. The summed E-state index contributed by atoms with van der Waals surface area (Å²) in [7, 11) is -0.787. The number of rotatable bonds is 2. The molecule has 0 saturated heterocycles. The average Bonchev–Trinajstić information content (AvgIpc) is 2.32. The number of hydrogen-bond acceptors (Lipinski definition) is 3. The minimum absolute atomic E-state index is 0.302. The second kappa shape index (κ2) is 3.60. The Kier molecular flexibility index (Phi) is 2.93. The van der Waals surface area contributed by atoms with Crippen molar-refractivity contribution >= 4 is 23.2 Å². The Morgan fingerprint density at radius 1 is 1.50 bits per heavy atom. The highest BCUT2D eigenvalue weighted by molar-refractivity contribution is 7.20. The summed E-state index contributed by atoms with van der Waals surface area (Å²) in [5.41, 5.74) is -0.302. The fourth-order valence-corrected chi connectivity index (χ4v) is 1.46. The maximum atomic E-state index is 9.53. The molecule has 12 heavy (non-hydrogen) atoms. The molecule has 4 heteroatoms. The minimum atomic E-state index is -0.787. The predicted octanol–water partition coefficient (Wildman–Crippen LogP) is 1.25. The van der Waals surface area contributed by atoms with Crippen LogP contribution in [0.1, 0.15) is 20.8 Å². The Morgan fingerprint density at radius 2 is 2.17 bits per heavy atom. The molecule has 0 aliphatic heterocycles. The summed E-state index contributed by atoms with van der Waals surface area (Å²) in [5.74, 6) is 0.